The molecule has 0 bridgehead atoms. The van der Waals surface area contributed by atoms with Gasteiger partial charge in [0.25, 0.3) is 5.91 Å². The molecule has 23 heavy (non-hydrogen) atoms. The predicted octanol–water partition coefficient (Wildman–Crippen LogP) is 2.53. The molecule has 0 spiro atoms. The molecule has 0 unspecified atom stereocenters. The Hall–Kier alpha value is -1.62. The van der Waals surface area contributed by atoms with Crippen LogP contribution in [-0.4, -0.2) is 46.6 Å². The molecule has 2 fully saturated rings. The van der Waals surface area contributed by atoms with Crippen LogP contribution in [0, 0.1) is 11.8 Å². The second-order valence-corrected chi connectivity index (χ2v) is 7.05. The van der Waals surface area contributed by atoms with Gasteiger partial charge in [-0.3, -0.25) is 4.79 Å². The van der Waals surface area contributed by atoms with E-state index in [-0.39, 0.29) is 12.0 Å². The second kappa shape index (κ2) is 7.30. The van der Waals surface area contributed by atoms with Crippen LogP contribution < -0.4 is 5.32 Å². The van der Waals surface area contributed by atoms with Gasteiger partial charge in [0.05, 0.1) is 11.7 Å². The molecule has 1 saturated carbocycles. The van der Waals surface area contributed by atoms with E-state index < -0.39 is 0 Å². The molecule has 1 aromatic heterocycles. The third-order valence-corrected chi connectivity index (χ3v) is 5.25. The van der Waals surface area contributed by atoms with Crippen molar-refractivity contribution in [3.8, 4) is 0 Å². The molecule has 0 radical (unpaired) electrons. The van der Waals surface area contributed by atoms with Crippen molar-refractivity contribution < 1.29 is 9.90 Å². The maximum Gasteiger partial charge on any atom is 0.255 e. The van der Waals surface area contributed by atoms with E-state index in [4.69, 9.17) is 0 Å². The van der Waals surface area contributed by atoms with Gasteiger partial charge in [-0.15, -0.1) is 0 Å². The Morgan fingerprint density at radius 2 is 2.09 bits per heavy atom. The van der Waals surface area contributed by atoms with Gasteiger partial charge in [0.2, 0.25) is 0 Å². The summed E-state index contributed by atoms with van der Waals surface area (Å²) in [5, 5.41) is 13.1. The number of hydrogen-bond acceptors (Lipinski definition) is 4. The first-order valence-corrected chi connectivity index (χ1v) is 8.81. The highest BCUT2D eigenvalue weighted by Crippen LogP contribution is 2.25. The molecule has 2 heterocycles. The van der Waals surface area contributed by atoms with Crippen LogP contribution in [0.25, 0.3) is 0 Å². The minimum absolute atomic E-state index is 0.0853. The molecule has 1 amide bonds. The van der Waals surface area contributed by atoms with Crippen molar-refractivity contribution in [1.29, 1.82) is 0 Å². The number of amides is 1. The van der Waals surface area contributed by atoms with Gasteiger partial charge in [-0.1, -0.05) is 13.3 Å². The Balaban J connectivity index is 1.53. The van der Waals surface area contributed by atoms with Crippen molar-refractivity contribution in [3.05, 3.63) is 23.9 Å². The Kier molecular flexibility index (Phi) is 5.16. The summed E-state index contributed by atoms with van der Waals surface area (Å²) in [6.07, 6.45) is 6.71. The zero-order valence-corrected chi connectivity index (χ0v) is 13.9. The largest absolute Gasteiger partial charge is 0.393 e. The minimum Gasteiger partial charge on any atom is -0.393 e. The lowest BCUT2D eigenvalue weighted by molar-refractivity contribution is 0.0697. The van der Waals surface area contributed by atoms with Gasteiger partial charge in [-0.2, -0.15) is 0 Å². The maximum absolute atomic E-state index is 12.5. The highest BCUT2D eigenvalue weighted by atomic mass is 16.3. The van der Waals surface area contributed by atoms with E-state index in [2.05, 4.69) is 17.2 Å². The summed E-state index contributed by atoms with van der Waals surface area (Å²) >= 11 is 0. The molecule has 1 aliphatic carbocycles. The molecule has 2 N–H and O–H groups in total. The van der Waals surface area contributed by atoms with Crippen molar-refractivity contribution in [1.82, 2.24) is 9.88 Å². The fourth-order valence-electron chi connectivity index (χ4n) is 3.51. The van der Waals surface area contributed by atoms with Gasteiger partial charge in [0.15, 0.2) is 0 Å². The number of aliphatic hydroxyl groups is 1. The molecular formula is C18H27N3O2. The van der Waals surface area contributed by atoms with E-state index in [1.165, 1.54) is 0 Å². The average Bonchev–Trinajstić information content (AvgIpc) is 2.99. The third kappa shape index (κ3) is 4.02. The first-order valence-electron chi connectivity index (χ1n) is 8.81. The number of piperidine rings is 1. The standard InChI is InChI=1S/C18H27N3O2/c1-13-7-9-21(10-8-13)18(23)15-5-6-17(20-12-15)19-11-14-3-2-4-16(14)22/h5-6,12-14,16,22H,2-4,7-11H2,1H3,(H,19,20)/t14-,16+/m0/s1. The number of anilines is 1. The van der Waals surface area contributed by atoms with Crippen molar-refractivity contribution in [2.75, 3.05) is 25.0 Å². The van der Waals surface area contributed by atoms with Gasteiger partial charge in [0.1, 0.15) is 5.82 Å². The van der Waals surface area contributed by atoms with Crippen molar-refractivity contribution in [3.63, 3.8) is 0 Å². The molecule has 1 saturated heterocycles. The Morgan fingerprint density at radius 1 is 1.30 bits per heavy atom. The highest BCUT2D eigenvalue weighted by molar-refractivity contribution is 5.94. The van der Waals surface area contributed by atoms with Crippen LogP contribution in [0.2, 0.25) is 0 Å². The van der Waals surface area contributed by atoms with Gasteiger partial charge in [0, 0.05) is 31.7 Å². The molecule has 0 aromatic carbocycles. The lowest BCUT2D eigenvalue weighted by atomic mass is 9.99. The summed E-state index contributed by atoms with van der Waals surface area (Å²) in [6, 6.07) is 3.71. The number of pyridine rings is 1. The van der Waals surface area contributed by atoms with Crippen LogP contribution in [0.5, 0.6) is 0 Å². The summed E-state index contributed by atoms with van der Waals surface area (Å²) in [4.78, 5) is 18.7. The number of rotatable bonds is 4. The lowest BCUT2D eigenvalue weighted by Gasteiger charge is -2.30. The summed E-state index contributed by atoms with van der Waals surface area (Å²) < 4.78 is 0. The van der Waals surface area contributed by atoms with Crippen molar-refractivity contribution >= 4 is 11.7 Å². The van der Waals surface area contributed by atoms with Crippen LogP contribution in [0.4, 0.5) is 5.82 Å². The van der Waals surface area contributed by atoms with Crippen LogP contribution in [-0.2, 0) is 0 Å². The van der Waals surface area contributed by atoms with Crippen molar-refractivity contribution in [2.45, 2.75) is 45.1 Å². The zero-order chi connectivity index (χ0) is 16.2. The molecule has 126 valence electrons. The minimum atomic E-state index is -0.190. The van der Waals surface area contributed by atoms with E-state index in [1.807, 2.05) is 17.0 Å². The Morgan fingerprint density at radius 3 is 2.70 bits per heavy atom. The molecule has 1 aromatic rings. The number of aromatic nitrogens is 1. The first-order chi connectivity index (χ1) is 11.1. The predicted molar refractivity (Wildman–Crippen MR) is 90.4 cm³/mol. The fraction of sp³-hybridized carbons (Fsp3) is 0.667. The van der Waals surface area contributed by atoms with E-state index in [0.717, 1.165) is 63.5 Å². The zero-order valence-electron chi connectivity index (χ0n) is 13.9. The van der Waals surface area contributed by atoms with E-state index in [9.17, 15) is 9.90 Å². The Labute approximate surface area is 138 Å². The van der Waals surface area contributed by atoms with E-state index in [0.29, 0.717) is 11.5 Å². The fourth-order valence-corrected chi connectivity index (χ4v) is 3.51. The average molecular weight is 317 g/mol. The van der Waals surface area contributed by atoms with Gasteiger partial charge >= 0.3 is 0 Å². The maximum atomic E-state index is 12.5. The summed E-state index contributed by atoms with van der Waals surface area (Å²) in [5.74, 6) is 1.89. The quantitative estimate of drug-likeness (QED) is 0.895. The number of hydrogen-bond donors (Lipinski definition) is 2. The molecule has 5 heteroatoms. The monoisotopic (exact) mass is 317 g/mol. The van der Waals surface area contributed by atoms with Gasteiger partial charge in [-0.25, -0.2) is 4.98 Å². The Bertz CT molecular complexity index is 524. The molecule has 3 rings (SSSR count). The summed E-state index contributed by atoms with van der Waals surface area (Å²) in [7, 11) is 0. The van der Waals surface area contributed by atoms with E-state index >= 15 is 0 Å². The van der Waals surface area contributed by atoms with Gasteiger partial charge in [-0.05, 0) is 43.7 Å². The first kappa shape index (κ1) is 16.2. The SMILES string of the molecule is CC1CCN(C(=O)c2ccc(NC[C@@H]3CCC[C@H]3O)nc2)CC1. The molecule has 5 nitrogen and oxygen atoms in total. The van der Waals surface area contributed by atoms with Crippen LogP contribution in [0.3, 0.4) is 0 Å². The molecular weight excluding hydrogens is 290 g/mol. The number of carbonyl (C=O) groups is 1. The molecule has 2 aliphatic rings. The van der Waals surface area contributed by atoms with Gasteiger partial charge < -0.3 is 15.3 Å². The van der Waals surface area contributed by atoms with Crippen LogP contribution in [0.1, 0.15) is 49.4 Å². The number of aliphatic hydroxyl groups excluding tert-OH is 1. The van der Waals surface area contributed by atoms with Crippen LogP contribution >= 0.6 is 0 Å². The number of likely N-dealkylation sites (tertiary alicyclic amines) is 1. The number of nitrogens with zero attached hydrogens (tertiary/aromatic N) is 2. The van der Waals surface area contributed by atoms with Crippen LogP contribution in [0.15, 0.2) is 18.3 Å². The summed E-state index contributed by atoms with van der Waals surface area (Å²) in [5.41, 5.74) is 0.658. The normalized spacial score (nSPS) is 25.6. The summed E-state index contributed by atoms with van der Waals surface area (Å²) in [6.45, 7) is 4.68. The molecule has 2 atom stereocenters. The topological polar surface area (TPSA) is 65.5 Å². The number of carbonyl (C=O) groups excluding carboxylic acids is 1. The second-order valence-electron chi connectivity index (χ2n) is 7.05. The van der Waals surface area contributed by atoms with Crippen molar-refractivity contribution in [2.24, 2.45) is 11.8 Å². The highest BCUT2D eigenvalue weighted by Gasteiger charge is 2.25. The smallest absolute Gasteiger partial charge is 0.255 e. The third-order valence-electron chi connectivity index (χ3n) is 5.25. The number of nitrogens with one attached hydrogen (secondary N) is 1. The lowest BCUT2D eigenvalue weighted by Crippen LogP contribution is -2.37. The van der Waals surface area contributed by atoms with E-state index in [1.54, 1.807) is 6.20 Å². The molecule has 1 aliphatic heterocycles.